The monoisotopic (exact) mass is 399 g/mol. The SMILES string of the molecule is Cc1cc2cc3c(cc2c(-c2ccc(Cl)c(Cl)c2)[n+]1-c1nnn[n-]1)OCO3. The van der Waals surface area contributed by atoms with E-state index in [0.717, 1.165) is 27.7 Å². The molecular formula is C18H11Cl2N5O2. The fraction of sp³-hybridized carbons (Fsp3) is 0.111. The Morgan fingerprint density at radius 3 is 2.59 bits per heavy atom. The van der Waals surface area contributed by atoms with E-state index in [0.29, 0.717) is 27.5 Å². The van der Waals surface area contributed by atoms with Crippen LogP contribution in [0.1, 0.15) is 5.69 Å². The third kappa shape index (κ3) is 2.58. The van der Waals surface area contributed by atoms with Gasteiger partial charge in [0.05, 0.1) is 15.7 Å². The molecule has 0 saturated heterocycles. The van der Waals surface area contributed by atoms with Crippen LogP contribution in [0.2, 0.25) is 10.0 Å². The topological polar surface area (TPSA) is 75.1 Å². The Kier molecular flexibility index (Phi) is 3.66. The van der Waals surface area contributed by atoms with Crippen LogP contribution in [0.5, 0.6) is 11.5 Å². The van der Waals surface area contributed by atoms with Gasteiger partial charge in [-0.3, -0.25) is 4.57 Å². The molecule has 2 aromatic heterocycles. The van der Waals surface area contributed by atoms with Crippen LogP contribution in [0.3, 0.4) is 0 Å². The molecule has 2 aromatic carbocycles. The van der Waals surface area contributed by atoms with Gasteiger partial charge in [-0.25, -0.2) is 0 Å². The first-order valence-electron chi connectivity index (χ1n) is 8.05. The number of aromatic nitrogens is 5. The van der Waals surface area contributed by atoms with Gasteiger partial charge >= 0.3 is 0 Å². The van der Waals surface area contributed by atoms with Crippen LogP contribution in [0.25, 0.3) is 28.0 Å². The van der Waals surface area contributed by atoms with Gasteiger partial charge in [-0.15, -0.1) is 0 Å². The Labute approximate surface area is 163 Å². The molecule has 0 unspecified atom stereocenters. The highest BCUT2D eigenvalue weighted by Crippen LogP contribution is 2.39. The zero-order chi connectivity index (χ0) is 18.5. The van der Waals surface area contributed by atoms with Gasteiger partial charge in [0.15, 0.2) is 11.5 Å². The molecule has 27 heavy (non-hydrogen) atoms. The van der Waals surface area contributed by atoms with Gasteiger partial charge in [0.2, 0.25) is 6.79 Å². The number of pyridine rings is 1. The molecule has 5 rings (SSSR count). The van der Waals surface area contributed by atoms with Gasteiger partial charge in [0, 0.05) is 16.6 Å². The summed E-state index contributed by atoms with van der Waals surface area (Å²) in [5.41, 5.74) is 2.58. The Hall–Kier alpha value is -2.90. The number of hydrogen-bond donors (Lipinski definition) is 0. The molecule has 0 amide bonds. The van der Waals surface area contributed by atoms with Crippen LogP contribution in [-0.4, -0.2) is 22.3 Å². The van der Waals surface area contributed by atoms with Crippen molar-refractivity contribution >= 4 is 34.0 Å². The number of benzene rings is 2. The summed E-state index contributed by atoms with van der Waals surface area (Å²) in [4.78, 5) is 0. The van der Waals surface area contributed by atoms with Crippen LogP contribution < -0.4 is 19.1 Å². The molecule has 0 saturated carbocycles. The minimum absolute atomic E-state index is 0.201. The minimum atomic E-state index is 0.201. The van der Waals surface area contributed by atoms with Crippen LogP contribution in [-0.2, 0) is 0 Å². The standard InChI is InChI=1S/C18H11Cl2N5O2/c1-9-4-11-6-15-16(27-8-26-15)7-12(11)17(25(9)18-21-23-24-22-18)10-2-3-13(19)14(20)5-10/h2-7H,8H2,1H3. The molecular weight excluding hydrogens is 389 g/mol. The molecule has 0 atom stereocenters. The van der Waals surface area contributed by atoms with Gasteiger partial charge in [0.25, 0.3) is 5.95 Å². The second kappa shape index (κ2) is 6.07. The molecule has 0 N–H and O–H groups in total. The Morgan fingerprint density at radius 1 is 1.04 bits per heavy atom. The molecule has 1 aliphatic rings. The number of nitrogens with zero attached hydrogens (tertiary/aromatic N) is 5. The van der Waals surface area contributed by atoms with E-state index in [-0.39, 0.29) is 6.79 Å². The summed E-state index contributed by atoms with van der Waals surface area (Å²) >= 11 is 12.4. The largest absolute Gasteiger partial charge is 0.454 e. The summed E-state index contributed by atoms with van der Waals surface area (Å²) in [6.45, 7) is 2.16. The maximum Gasteiger partial charge on any atom is 0.277 e. The Balaban J connectivity index is 1.91. The Morgan fingerprint density at radius 2 is 1.85 bits per heavy atom. The third-order valence-corrected chi connectivity index (χ3v) is 5.18. The second-order valence-electron chi connectivity index (χ2n) is 6.07. The maximum atomic E-state index is 6.28. The third-order valence-electron chi connectivity index (χ3n) is 4.44. The summed E-state index contributed by atoms with van der Waals surface area (Å²) in [7, 11) is 0. The number of tetrazole rings is 1. The lowest BCUT2D eigenvalue weighted by Crippen LogP contribution is -2.39. The lowest BCUT2D eigenvalue weighted by Gasteiger charge is -2.18. The average Bonchev–Trinajstić information content (AvgIpc) is 3.32. The molecule has 3 heterocycles. The van der Waals surface area contributed by atoms with Crippen molar-refractivity contribution in [2.45, 2.75) is 6.92 Å². The molecule has 0 spiro atoms. The van der Waals surface area contributed by atoms with Gasteiger partial charge < -0.3 is 9.47 Å². The molecule has 0 aliphatic carbocycles. The van der Waals surface area contributed by atoms with E-state index in [1.165, 1.54) is 0 Å². The summed E-state index contributed by atoms with van der Waals surface area (Å²) in [5.74, 6) is 1.76. The number of fused-ring (bicyclic) bond motifs is 2. The quantitative estimate of drug-likeness (QED) is 0.481. The molecule has 0 radical (unpaired) electrons. The fourth-order valence-corrected chi connectivity index (χ4v) is 3.58. The predicted molar refractivity (Wildman–Crippen MR) is 98.5 cm³/mol. The summed E-state index contributed by atoms with van der Waals surface area (Å²) in [6.07, 6.45) is 0. The van der Waals surface area contributed by atoms with E-state index in [2.05, 4.69) is 20.6 Å². The fourth-order valence-electron chi connectivity index (χ4n) is 3.28. The number of rotatable bonds is 2. The van der Waals surface area contributed by atoms with Crippen LogP contribution in [0, 0.1) is 6.92 Å². The first-order chi connectivity index (χ1) is 13.1. The van der Waals surface area contributed by atoms with Crippen molar-refractivity contribution in [3.63, 3.8) is 0 Å². The van der Waals surface area contributed by atoms with Gasteiger partial charge in [-0.2, -0.15) is 0 Å². The summed E-state index contributed by atoms with van der Waals surface area (Å²) in [5, 5.41) is 18.1. The van der Waals surface area contributed by atoms with Crippen molar-refractivity contribution in [2.75, 3.05) is 6.79 Å². The van der Waals surface area contributed by atoms with E-state index < -0.39 is 0 Å². The number of aryl methyl sites for hydroxylation is 1. The van der Waals surface area contributed by atoms with Crippen molar-refractivity contribution in [1.82, 2.24) is 20.6 Å². The smallest absolute Gasteiger partial charge is 0.277 e. The molecule has 4 aromatic rings. The van der Waals surface area contributed by atoms with Crippen molar-refractivity contribution in [3.8, 4) is 28.7 Å². The van der Waals surface area contributed by atoms with Gasteiger partial charge in [-0.1, -0.05) is 39.5 Å². The first kappa shape index (κ1) is 16.3. The molecule has 1 aliphatic heterocycles. The van der Waals surface area contributed by atoms with Crippen molar-refractivity contribution in [2.24, 2.45) is 0 Å². The summed E-state index contributed by atoms with van der Waals surface area (Å²) < 4.78 is 13.0. The van der Waals surface area contributed by atoms with E-state index in [1.54, 1.807) is 6.07 Å². The first-order valence-corrected chi connectivity index (χ1v) is 8.81. The normalized spacial score (nSPS) is 12.7. The highest BCUT2D eigenvalue weighted by molar-refractivity contribution is 6.42. The zero-order valence-electron chi connectivity index (χ0n) is 14.0. The highest BCUT2D eigenvalue weighted by atomic mass is 35.5. The maximum absolute atomic E-state index is 6.28. The van der Waals surface area contributed by atoms with E-state index in [4.69, 9.17) is 32.7 Å². The van der Waals surface area contributed by atoms with E-state index >= 15 is 0 Å². The lowest BCUT2D eigenvalue weighted by molar-refractivity contribution is -0.598. The van der Waals surface area contributed by atoms with Gasteiger partial charge in [0.1, 0.15) is 0 Å². The number of hydrogen-bond acceptors (Lipinski definition) is 5. The predicted octanol–water partition coefficient (Wildman–Crippen LogP) is 3.27. The molecule has 134 valence electrons. The van der Waals surface area contributed by atoms with E-state index in [1.807, 2.05) is 41.8 Å². The van der Waals surface area contributed by atoms with Crippen LogP contribution in [0.4, 0.5) is 0 Å². The van der Waals surface area contributed by atoms with Crippen LogP contribution in [0.15, 0.2) is 36.4 Å². The molecule has 9 heteroatoms. The second-order valence-corrected chi connectivity index (χ2v) is 6.88. The average molecular weight is 400 g/mol. The van der Waals surface area contributed by atoms with Crippen molar-refractivity contribution < 1.29 is 14.0 Å². The van der Waals surface area contributed by atoms with Gasteiger partial charge in [-0.05, 0) is 53.1 Å². The molecule has 0 bridgehead atoms. The zero-order valence-corrected chi connectivity index (χ0v) is 15.5. The summed E-state index contributed by atoms with van der Waals surface area (Å²) in [6, 6.07) is 11.4. The molecule has 7 nitrogen and oxygen atoms in total. The van der Waals surface area contributed by atoms with E-state index in [9.17, 15) is 0 Å². The lowest BCUT2D eigenvalue weighted by atomic mass is 10.0. The highest BCUT2D eigenvalue weighted by Gasteiger charge is 2.21. The van der Waals surface area contributed by atoms with Crippen molar-refractivity contribution in [3.05, 3.63) is 52.1 Å². The minimum Gasteiger partial charge on any atom is -0.454 e. The number of ether oxygens (including phenoxy) is 2. The molecule has 0 fully saturated rings. The Bertz CT molecular complexity index is 1190. The van der Waals surface area contributed by atoms with Crippen LogP contribution >= 0.6 is 23.2 Å². The van der Waals surface area contributed by atoms with Crippen molar-refractivity contribution in [1.29, 1.82) is 0 Å². The number of halogens is 2.